The van der Waals surface area contributed by atoms with Gasteiger partial charge in [0, 0.05) is 25.2 Å². The summed E-state index contributed by atoms with van der Waals surface area (Å²) in [6.07, 6.45) is 0. The van der Waals surface area contributed by atoms with E-state index in [1.165, 1.54) is 24.3 Å². The fraction of sp³-hybridized carbons (Fsp3) is 0.500. The summed E-state index contributed by atoms with van der Waals surface area (Å²) < 4.78 is 26.2. The summed E-state index contributed by atoms with van der Waals surface area (Å²) in [6, 6.07) is 5.51. The number of nitrogens with zero attached hydrogens (tertiary/aromatic N) is 2. The molecule has 0 aliphatic carbocycles. The topological polar surface area (TPSA) is 92.6 Å². The lowest BCUT2D eigenvalue weighted by Crippen LogP contribution is -2.33. The Kier molecular flexibility index (Phi) is 6.05. The van der Waals surface area contributed by atoms with Gasteiger partial charge in [-0.3, -0.25) is 10.1 Å². The van der Waals surface area contributed by atoms with E-state index in [0.717, 1.165) is 6.54 Å². The molecule has 0 bridgehead atoms. The van der Waals surface area contributed by atoms with E-state index in [-0.39, 0.29) is 11.4 Å². The average Bonchev–Trinajstić information content (AvgIpc) is 2.38. The molecule has 1 aromatic carbocycles. The second-order valence-corrected chi connectivity index (χ2v) is 6.28. The van der Waals surface area contributed by atoms with Gasteiger partial charge >= 0.3 is 0 Å². The number of sulfonamides is 1. The van der Waals surface area contributed by atoms with E-state index in [1.807, 2.05) is 18.9 Å². The summed E-state index contributed by atoms with van der Waals surface area (Å²) in [5.41, 5.74) is 0.468. The number of nitrogens with one attached hydrogen (secondary N) is 1. The number of hydrogen-bond donors (Lipinski definition) is 1. The molecule has 0 aromatic heterocycles. The van der Waals surface area contributed by atoms with E-state index < -0.39 is 14.9 Å². The fourth-order valence-corrected chi connectivity index (χ4v) is 2.67. The Labute approximate surface area is 118 Å². The van der Waals surface area contributed by atoms with Crippen molar-refractivity contribution in [2.45, 2.75) is 12.7 Å². The third kappa shape index (κ3) is 5.64. The predicted octanol–water partition coefficient (Wildman–Crippen LogP) is 0.966. The van der Waals surface area contributed by atoms with Gasteiger partial charge in [-0.05, 0) is 19.2 Å². The maximum absolute atomic E-state index is 11.8. The van der Waals surface area contributed by atoms with Crippen molar-refractivity contribution in [3.8, 4) is 0 Å². The summed E-state index contributed by atoms with van der Waals surface area (Å²) >= 11 is 0. The van der Waals surface area contributed by atoms with Crippen molar-refractivity contribution in [1.29, 1.82) is 0 Å². The van der Waals surface area contributed by atoms with Crippen LogP contribution in [0.5, 0.6) is 0 Å². The number of hydrogen-bond acceptors (Lipinski definition) is 5. The highest BCUT2D eigenvalue weighted by Gasteiger charge is 2.12. The van der Waals surface area contributed by atoms with Gasteiger partial charge < -0.3 is 4.90 Å². The maximum atomic E-state index is 11.8. The predicted molar refractivity (Wildman–Crippen MR) is 76.9 cm³/mol. The smallest absolute Gasteiger partial charge is 0.269 e. The van der Waals surface area contributed by atoms with Crippen molar-refractivity contribution in [3.63, 3.8) is 0 Å². The summed E-state index contributed by atoms with van der Waals surface area (Å²) in [5.74, 6) is -0.180. The highest BCUT2D eigenvalue weighted by atomic mass is 32.2. The van der Waals surface area contributed by atoms with Crippen molar-refractivity contribution in [2.75, 3.05) is 26.7 Å². The van der Waals surface area contributed by atoms with Crippen molar-refractivity contribution < 1.29 is 13.3 Å². The van der Waals surface area contributed by atoms with Crippen molar-refractivity contribution in [3.05, 3.63) is 39.9 Å². The zero-order valence-electron chi connectivity index (χ0n) is 11.6. The van der Waals surface area contributed by atoms with Gasteiger partial charge in [-0.15, -0.1) is 0 Å². The van der Waals surface area contributed by atoms with Crippen molar-refractivity contribution in [1.82, 2.24) is 9.62 Å². The third-order valence-corrected chi connectivity index (χ3v) is 4.22. The molecule has 7 nitrogen and oxygen atoms in total. The molecule has 8 heteroatoms. The van der Waals surface area contributed by atoms with Crippen molar-refractivity contribution in [2.24, 2.45) is 0 Å². The Bertz CT molecular complexity index is 542. The van der Waals surface area contributed by atoms with E-state index in [2.05, 4.69) is 4.72 Å². The first kappa shape index (κ1) is 16.5. The van der Waals surface area contributed by atoms with Crippen LogP contribution in [0.2, 0.25) is 0 Å². The number of nitro groups is 1. The van der Waals surface area contributed by atoms with Gasteiger partial charge in [0.1, 0.15) is 0 Å². The lowest BCUT2D eigenvalue weighted by molar-refractivity contribution is -0.384. The summed E-state index contributed by atoms with van der Waals surface area (Å²) in [7, 11) is -1.51. The van der Waals surface area contributed by atoms with Gasteiger partial charge in [-0.2, -0.15) is 0 Å². The number of non-ortho nitro benzene ring substituents is 1. The summed E-state index contributed by atoms with van der Waals surface area (Å²) in [4.78, 5) is 12.0. The molecular weight excluding hydrogens is 282 g/mol. The number of likely N-dealkylation sites (N-methyl/N-ethyl adjacent to an activating group) is 1. The van der Waals surface area contributed by atoms with Crippen LogP contribution in [0.15, 0.2) is 24.3 Å². The monoisotopic (exact) mass is 301 g/mol. The molecule has 0 aliphatic heterocycles. The molecular formula is C12H19N3O4S. The molecule has 0 saturated carbocycles. The highest BCUT2D eigenvalue weighted by Crippen LogP contribution is 2.13. The van der Waals surface area contributed by atoms with Crippen LogP contribution >= 0.6 is 0 Å². The van der Waals surface area contributed by atoms with Crippen LogP contribution in [-0.2, 0) is 15.8 Å². The summed E-state index contributed by atoms with van der Waals surface area (Å²) in [5, 5.41) is 10.5. The molecule has 0 fully saturated rings. The van der Waals surface area contributed by atoms with E-state index in [9.17, 15) is 18.5 Å². The standard InChI is InChI=1S/C12H19N3O4S/c1-3-14(2)9-8-13-20(18,19)10-11-4-6-12(7-5-11)15(16)17/h4-7,13H,3,8-10H2,1-2H3. The van der Waals surface area contributed by atoms with Crippen LogP contribution in [0.1, 0.15) is 12.5 Å². The maximum Gasteiger partial charge on any atom is 0.269 e. The van der Waals surface area contributed by atoms with Gasteiger partial charge in [-0.1, -0.05) is 19.1 Å². The Hall–Kier alpha value is -1.51. The van der Waals surface area contributed by atoms with Crippen LogP contribution in [0.3, 0.4) is 0 Å². The lowest BCUT2D eigenvalue weighted by Gasteiger charge is -2.14. The number of benzene rings is 1. The number of rotatable bonds is 8. The Morgan fingerprint density at radius 3 is 2.40 bits per heavy atom. The van der Waals surface area contributed by atoms with Crippen LogP contribution < -0.4 is 4.72 Å². The largest absolute Gasteiger partial charge is 0.305 e. The van der Waals surface area contributed by atoms with Crippen LogP contribution in [-0.4, -0.2) is 44.9 Å². The average molecular weight is 301 g/mol. The van der Waals surface area contributed by atoms with E-state index in [4.69, 9.17) is 0 Å². The molecule has 0 atom stereocenters. The quantitative estimate of drug-likeness (QED) is 0.570. The van der Waals surface area contributed by atoms with E-state index >= 15 is 0 Å². The first-order valence-corrected chi connectivity index (χ1v) is 7.88. The third-order valence-electron chi connectivity index (χ3n) is 2.86. The Balaban J connectivity index is 2.55. The molecule has 0 amide bonds. The minimum absolute atomic E-state index is 0.0522. The minimum Gasteiger partial charge on any atom is -0.305 e. The SMILES string of the molecule is CCN(C)CCNS(=O)(=O)Cc1ccc([N+](=O)[O-])cc1. The molecule has 1 rings (SSSR count). The van der Waals surface area contributed by atoms with E-state index in [1.54, 1.807) is 0 Å². The summed E-state index contributed by atoms with van der Waals surface area (Å²) in [6.45, 7) is 3.82. The molecule has 0 spiro atoms. The number of nitro benzene ring substituents is 1. The van der Waals surface area contributed by atoms with Gasteiger partial charge in [0.25, 0.3) is 5.69 Å². The Morgan fingerprint density at radius 1 is 1.30 bits per heavy atom. The van der Waals surface area contributed by atoms with Crippen LogP contribution in [0.25, 0.3) is 0 Å². The fourth-order valence-electron chi connectivity index (χ4n) is 1.53. The second-order valence-electron chi connectivity index (χ2n) is 4.47. The van der Waals surface area contributed by atoms with Crippen LogP contribution in [0.4, 0.5) is 5.69 Å². The minimum atomic E-state index is -3.42. The van der Waals surface area contributed by atoms with Gasteiger partial charge in [0.15, 0.2) is 0 Å². The zero-order chi connectivity index (χ0) is 15.2. The molecule has 112 valence electrons. The van der Waals surface area contributed by atoms with Crippen LogP contribution in [0, 0.1) is 10.1 Å². The van der Waals surface area contributed by atoms with Gasteiger partial charge in [0.05, 0.1) is 10.7 Å². The molecule has 0 unspecified atom stereocenters. The second kappa shape index (κ2) is 7.32. The normalized spacial score (nSPS) is 11.8. The molecule has 1 N–H and O–H groups in total. The van der Waals surface area contributed by atoms with Gasteiger partial charge in [-0.25, -0.2) is 13.1 Å². The first-order chi connectivity index (χ1) is 9.34. The van der Waals surface area contributed by atoms with E-state index in [0.29, 0.717) is 18.7 Å². The molecule has 1 aromatic rings. The molecule has 0 saturated heterocycles. The zero-order valence-corrected chi connectivity index (χ0v) is 12.4. The lowest BCUT2D eigenvalue weighted by atomic mass is 10.2. The van der Waals surface area contributed by atoms with Crippen molar-refractivity contribution >= 4 is 15.7 Å². The Morgan fingerprint density at radius 2 is 1.90 bits per heavy atom. The molecule has 0 heterocycles. The molecule has 0 radical (unpaired) electrons. The van der Waals surface area contributed by atoms with Gasteiger partial charge in [0.2, 0.25) is 10.0 Å². The molecule has 0 aliphatic rings. The highest BCUT2D eigenvalue weighted by molar-refractivity contribution is 7.88. The first-order valence-electron chi connectivity index (χ1n) is 6.23. The molecule has 20 heavy (non-hydrogen) atoms.